The van der Waals surface area contributed by atoms with Gasteiger partial charge < -0.3 is 14.8 Å². The highest BCUT2D eigenvalue weighted by molar-refractivity contribution is 5.86. The van der Waals surface area contributed by atoms with E-state index >= 15 is 0 Å². The van der Waals surface area contributed by atoms with Crippen LogP contribution in [-0.2, 0) is 20.1 Å². The van der Waals surface area contributed by atoms with E-state index < -0.39 is 5.97 Å². The van der Waals surface area contributed by atoms with Gasteiger partial charge >= 0.3 is 5.97 Å². The lowest BCUT2D eigenvalue weighted by molar-refractivity contribution is 0.0659. The summed E-state index contributed by atoms with van der Waals surface area (Å²) < 4.78 is 7.15. The number of rotatable bonds is 5. The minimum absolute atomic E-state index is 0.00976. The number of nitrogens with zero attached hydrogens (tertiary/aromatic N) is 2. The molecule has 0 saturated heterocycles. The van der Waals surface area contributed by atoms with E-state index in [9.17, 15) is 4.79 Å². The number of carboxylic acid groups (broad SMARTS) is 1. The first-order valence-electron chi connectivity index (χ1n) is 6.42. The maximum atomic E-state index is 10.9. The van der Waals surface area contributed by atoms with Crippen LogP contribution in [-0.4, -0.2) is 20.9 Å². The van der Waals surface area contributed by atoms with Crippen molar-refractivity contribution in [3.05, 3.63) is 40.1 Å². The lowest BCUT2D eigenvalue weighted by Gasteiger charge is -2.03. The Morgan fingerprint density at radius 2 is 2.10 bits per heavy atom. The van der Waals surface area contributed by atoms with Crippen molar-refractivity contribution in [1.29, 1.82) is 0 Å². The van der Waals surface area contributed by atoms with Gasteiger partial charge in [-0.15, -0.1) is 0 Å². The first-order valence-corrected chi connectivity index (χ1v) is 6.42. The highest BCUT2D eigenvalue weighted by Gasteiger charge is 2.14. The predicted octanol–water partition coefficient (Wildman–Crippen LogP) is 1.93. The first-order chi connectivity index (χ1) is 9.40. The quantitative estimate of drug-likeness (QED) is 0.872. The molecular formula is C14H19N3O3. The number of carbonyl (C=O) groups is 1. The van der Waals surface area contributed by atoms with Crippen molar-refractivity contribution in [2.75, 3.05) is 0 Å². The number of aromatic carboxylic acids is 1. The summed E-state index contributed by atoms with van der Waals surface area (Å²) in [6, 6.07) is 1.75. The normalized spacial score (nSPS) is 11.0. The molecule has 0 radical (unpaired) electrons. The van der Waals surface area contributed by atoms with Crippen LogP contribution in [0.1, 0.15) is 38.8 Å². The Balaban J connectivity index is 1.99. The fourth-order valence-electron chi connectivity index (χ4n) is 2.23. The largest absolute Gasteiger partial charge is 0.475 e. The van der Waals surface area contributed by atoms with E-state index in [-0.39, 0.29) is 5.76 Å². The van der Waals surface area contributed by atoms with Gasteiger partial charge in [-0.3, -0.25) is 4.68 Å². The Labute approximate surface area is 117 Å². The Morgan fingerprint density at radius 1 is 1.40 bits per heavy atom. The number of aryl methyl sites for hydroxylation is 3. The maximum Gasteiger partial charge on any atom is 0.372 e. The monoisotopic (exact) mass is 277 g/mol. The number of carboxylic acids is 1. The molecule has 20 heavy (non-hydrogen) atoms. The summed E-state index contributed by atoms with van der Waals surface area (Å²) in [6.45, 7) is 6.89. The van der Waals surface area contributed by atoms with Gasteiger partial charge in [0.15, 0.2) is 0 Å². The molecule has 6 heteroatoms. The van der Waals surface area contributed by atoms with Gasteiger partial charge in [-0.05, 0) is 26.8 Å². The number of furan rings is 1. The molecule has 2 heterocycles. The molecule has 0 spiro atoms. The van der Waals surface area contributed by atoms with Gasteiger partial charge in [0.05, 0.1) is 12.2 Å². The molecule has 2 rings (SSSR count). The van der Waals surface area contributed by atoms with Gasteiger partial charge in [0.1, 0.15) is 5.76 Å². The Kier molecular flexibility index (Phi) is 3.94. The third-order valence-corrected chi connectivity index (χ3v) is 3.42. The number of aromatic nitrogens is 2. The molecule has 0 amide bonds. The van der Waals surface area contributed by atoms with Crippen LogP contribution in [0.5, 0.6) is 0 Å². The van der Waals surface area contributed by atoms with E-state index in [0.717, 1.165) is 17.0 Å². The molecule has 0 aliphatic carbocycles. The van der Waals surface area contributed by atoms with Crippen molar-refractivity contribution in [2.45, 2.75) is 33.9 Å². The van der Waals surface area contributed by atoms with Crippen LogP contribution >= 0.6 is 0 Å². The zero-order chi connectivity index (χ0) is 14.9. The minimum Gasteiger partial charge on any atom is -0.475 e. The Hall–Kier alpha value is -2.08. The molecule has 0 aliphatic heterocycles. The van der Waals surface area contributed by atoms with Crippen LogP contribution in [0.15, 0.2) is 10.5 Å². The van der Waals surface area contributed by atoms with Crippen LogP contribution in [0.4, 0.5) is 0 Å². The molecule has 0 unspecified atom stereocenters. The summed E-state index contributed by atoms with van der Waals surface area (Å²) in [7, 11) is 1.92. The summed E-state index contributed by atoms with van der Waals surface area (Å²) in [6.07, 6.45) is 0. The van der Waals surface area contributed by atoms with Gasteiger partial charge in [-0.25, -0.2) is 4.79 Å². The van der Waals surface area contributed by atoms with E-state index in [1.807, 2.05) is 25.6 Å². The number of nitrogens with one attached hydrogen (secondary N) is 1. The number of hydrogen-bond donors (Lipinski definition) is 2. The van der Waals surface area contributed by atoms with Gasteiger partial charge in [-0.2, -0.15) is 5.10 Å². The summed E-state index contributed by atoms with van der Waals surface area (Å²) in [5, 5.41) is 16.5. The predicted molar refractivity (Wildman–Crippen MR) is 73.6 cm³/mol. The zero-order valence-corrected chi connectivity index (χ0v) is 12.1. The molecule has 0 aliphatic rings. The fourth-order valence-corrected chi connectivity index (χ4v) is 2.23. The average Bonchev–Trinajstić information content (AvgIpc) is 2.84. The SMILES string of the molecule is Cc1cc(CNCc2c(C)nn(C)c2C)oc1C(=O)O. The Bertz CT molecular complexity index is 640. The molecule has 0 aromatic carbocycles. The molecule has 2 N–H and O–H groups in total. The highest BCUT2D eigenvalue weighted by atomic mass is 16.4. The van der Waals surface area contributed by atoms with E-state index in [1.165, 1.54) is 0 Å². The van der Waals surface area contributed by atoms with Crippen molar-refractivity contribution >= 4 is 5.97 Å². The minimum atomic E-state index is -1.03. The third kappa shape index (κ3) is 2.75. The highest BCUT2D eigenvalue weighted by Crippen LogP contribution is 2.15. The van der Waals surface area contributed by atoms with Crippen molar-refractivity contribution < 1.29 is 14.3 Å². The van der Waals surface area contributed by atoms with Crippen LogP contribution in [0, 0.1) is 20.8 Å². The third-order valence-electron chi connectivity index (χ3n) is 3.42. The van der Waals surface area contributed by atoms with Crippen molar-refractivity contribution in [3.63, 3.8) is 0 Å². The van der Waals surface area contributed by atoms with Crippen molar-refractivity contribution in [2.24, 2.45) is 7.05 Å². The van der Waals surface area contributed by atoms with Gasteiger partial charge in [0.2, 0.25) is 5.76 Å². The fraction of sp³-hybridized carbons (Fsp3) is 0.429. The second-order valence-corrected chi connectivity index (χ2v) is 4.91. The zero-order valence-electron chi connectivity index (χ0n) is 12.1. The smallest absolute Gasteiger partial charge is 0.372 e. The first kappa shape index (κ1) is 14.3. The van der Waals surface area contributed by atoms with Gasteiger partial charge in [0.25, 0.3) is 0 Å². The second-order valence-electron chi connectivity index (χ2n) is 4.91. The van der Waals surface area contributed by atoms with Crippen LogP contribution < -0.4 is 5.32 Å². The van der Waals surface area contributed by atoms with Crippen LogP contribution in [0.2, 0.25) is 0 Å². The van der Waals surface area contributed by atoms with E-state index in [0.29, 0.717) is 24.4 Å². The van der Waals surface area contributed by atoms with Crippen molar-refractivity contribution in [3.8, 4) is 0 Å². The molecule has 0 bridgehead atoms. The molecular weight excluding hydrogens is 258 g/mol. The van der Waals surface area contributed by atoms with Gasteiger partial charge in [0, 0.05) is 30.4 Å². The maximum absolute atomic E-state index is 10.9. The van der Waals surface area contributed by atoms with Gasteiger partial charge in [-0.1, -0.05) is 0 Å². The Morgan fingerprint density at radius 3 is 2.60 bits per heavy atom. The van der Waals surface area contributed by atoms with Crippen LogP contribution in [0.25, 0.3) is 0 Å². The molecule has 108 valence electrons. The molecule has 2 aromatic heterocycles. The van der Waals surface area contributed by atoms with Crippen LogP contribution in [0.3, 0.4) is 0 Å². The summed E-state index contributed by atoms with van der Waals surface area (Å²) in [4.78, 5) is 10.9. The molecule has 0 atom stereocenters. The standard InChI is InChI=1S/C14H19N3O3/c1-8-5-11(20-13(8)14(18)19)6-15-7-12-9(2)16-17(4)10(12)3/h5,15H,6-7H2,1-4H3,(H,18,19). The number of hydrogen-bond acceptors (Lipinski definition) is 4. The van der Waals surface area contributed by atoms with E-state index in [2.05, 4.69) is 10.4 Å². The molecule has 0 saturated carbocycles. The molecule has 6 nitrogen and oxygen atoms in total. The summed E-state index contributed by atoms with van der Waals surface area (Å²) >= 11 is 0. The summed E-state index contributed by atoms with van der Waals surface area (Å²) in [5.41, 5.74) is 3.92. The molecule has 0 fully saturated rings. The average molecular weight is 277 g/mol. The molecule has 2 aromatic rings. The van der Waals surface area contributed by atoms with E-state index in [1.54, 1.807) is 13.0 Å². The summed E-state index contributed by atoms with van der Waals surface area (Å²) in [5.74, 6) is -0.401. The second kappa shape index (κ2) is 5.50. The lowest BCUT2D eigenvalue weighted by Crippen LogP contribution is -2.13. The van der Waals surface area contributed by atoms with Crippen molar-refractivity contribution in [1.82, 2.24) is 15.1 Å². The lowest BCUT2D eigenvalue weighted by atomic mass is 10.2. The van der Waals surface area contributed by atoms with E-state index in [4.69, 9.17) is 9.52 Å². The topological polar surface area (TPSA) is 80.3 Å².